The van der Waals surface area contributed by atoms with Crippen molar-refractivity contribution in [3.8, 4) is 0 Å². The standard InChI is InChI=1S/C10H16OSi/c1-9(12-11)7-8-10-5-3-2-4-6-10/h2-6,9,11H,7-8,12H2,1H3. The highest BCUT2D eigenvalue weighted by Crippen LogP contribution is 2.11. The summed E-state index contributed by atoms with van der Waals surface area (Å²) in [7, 11) is -0.778. The van der Waals surface area contributed by atoms with Gasteiger partial charge in [0.25, 0.3) is 0 Å². The number of aryl methyl sites for hydroxylation is 1. The van der Waals surface area contributed by atoms with E-state index in [0.29, 0.717) is 5.54 Å². The summed E-state index contributed by atoms with van der Waals surface area (Å²) in [5.41, 5.74) is 1.94. The summed E-state index contributed by atoms with van der Waals surface area (Å²) in [4.78, 5) is 8.95. The van der Waals surface area contributed by atoms with Crippen LogP contribution >= 0.6 is 0 Å². The van der Waals surface area contributed by atoms with Gasteiger partial charge in [-0.2, -0.15) is 0 Å². The molecule has 0 saturated heterocycles. The second kappa shape index (κ2) is 5.12. The van der Waals surface area contributed by atoms with E-state index in [1.165, 1.54) is 5.56 Å². The monoisotopic (exact) mass is 180 g/mol. The highest BCUT2D eigenvalue weighted by atomic mass is 28.2. The molecule has 0 spiro atoms. The van der Waals surface area contributed by atoms with E-state index in [1.807, 2.05) is 6.07 Å². The van der Waals surface area contributed by atoms with Crippen molar-refractivity contribution in [2.75, 3.05) is 0 Å². The molecule has 0 amide bonds. The molecule has 0 saturated carbocycles. The fourth-order valence-corrected chi connectivity index (χ4v) is 1.54. The topological polar surface area (TPSA) is 20.2 Å². The van der Waals surface area contributed by atoms with Gasteiger partial charge in [-0.3, -0.25) is 0 Å². The Bertz CT molecular complexity index is 210. The molecular weight excluding hydrogens is 164 g/mol. The van der Waals surface area contributed by atoms with Crippen LogP contribution in [-0.4, -0.2) is 14.6 Å². The molecule has 0 radical (unpaired) electrons. The minimum Gasteiger partial charge on any atom is -0.438 e. The lowest BCUT2D eigenvalue weighted by Crippen LogP contribution is -1.99. The first-order valence-electron chi connectivity index (χ1n) is 4.47. The van der Waals surface area contributed by atoms with Crippen molar-refractivity contribution in [3.63, 3.8) is 0 Å². The smallest absolute Gasteiger partial charge is 0.159 e. The largest absolute Gasteiger partial charge is 0.438 e. The molecular formula is C10H16OSi. The molecule has 0 fully saturated rings. The number of hydrogen-bond donors (Lipinski definition) is 1. The Morgan fingerprint density at radius 1 is 1.33 bits per heavy atom. The Labute approximate surface area is 76.4 Å². The van der Waals surface area contributed by atoms with Gasteiger partial charge in [0.1, 0.15) is 0 Å². The lowest BCUT2D eigenvalue weighted by Gasteiger charge is -2.05. The zero-order valence-corrected chi connectivity index (χ0v) is 8.95. The summed E-state index contributed by atoms with van der Waals surface area (Å²) >= 11 is 0. The molecule has 0 aliphatic carbocycles. The molecule has 1 rings (SSSR count). The van der Waals surface area contributed by atoms with E-state index in [9.17, 15) is 0 Å². The summed E-state index contributed by atoms with van der Waals surface area (Å²) in [5.74, 6) is 0. The molecule has 0 bridgehead atoms. The van der Waals surface area contributed by atoms with E-state index in [1.54, 1.807) is 0 Å². The van der Waals surface area contributed by atoms with E-state index < -0.39 is 9.76 Å². The van der Waals surface area contributed by atoms with Crippen molar-refractivity contribution in [1.82, 2.24) is 0 Å². The molecule has 12 heavy (non-hydrogen) atoms. The van der Waals surface area contributed by atoms with Crippen molar-refractivity contribution in [2.24, 2.45) is 0 Å². The van der Waals surface area contributed by atoms with Gasteiger partial charge in [0.15, 0.2) is 9.76 Å². The third kappa shape index (κ3) is 3.20. The average Bonchev–Trinajstić information content (AvgIpc) is 2.16. The van der Waals surface area contributed by atoms with Crippen LogP contribution in [0, 0.1) is 0 Å². The van der Waals surface area contributed by atoms with Crippen LogP contribution in [0.25, 0.3) is 0 Å². The van der Waals surface area contributed by atoms with Gasteiger partial charge in [-0.05, 0) is 23.9 Å². The average molecular weight is 180 g/mol. The maximum atomic E-state index is 8.95. The van der Waals surface area contributed by atoms with Crippen molar-refractivity contribution >= 4 is 9.76 Å². The molecule has 0 heterocycles. The van der Waals surface area contributed by atoms with Gasteiger partial charge in [-0.15, -0.1) is 0 Å². The quantitative estimate of drug-likeness (QED) is 0.696. The second-order valence-corrected chi connectivity index (χ2v) is 5.07. The van der Waals surface area contributed by atoms with Gasteiger partial charge in [0, 0.05) is 0 Å². The fraction of sp³-hybridized carbons (Fsp3) is 0.400. The highest BCUT2D eigenvalue weighted by Gasteiger charge is 2.00. The van der Waals surface area contributed by atoms with Gasteiger partial charge in [-0.1, -0.05) is 37.3 Å². The van der Waals surface area contributed by atoms with E-state index in [2.05, 4.69) is 31.2 Å². The van der Waals surface area contributed by atoms with E-state index in [4.69, 9.17) is 4.80 Å². The molecule has 66 valence electrons. The Morgan fingerprint density at radius 3 is 2.58 bits per heavy atom. The van der Waals surface area contributed by atoms with Gasteiger partial charge in [0.2, 0.25) is 0 Å². The molecule has 1 aromatic carbocycles. The lowest BCUT2D eigenvalue weighted by molar-refractivity contribution is 0.571. The van der Waals surface area contributed by atoms with Crippen LogP contribution in [0.3, 0.4) is 0 Å². The maximum Gasteiger partial charge on any atom is 0.159 e. The summed E-state index contributed by atoms with van der Waals surface area (Å²) in [6, 6.07) is 10.5. The van der Waals surface area contributed by atoms with E-state index >= 15 is 0 Å². The first kappa shape index (κ1) is 9.48. The maximum absolute atomic E-state index is 8.95. The molecule has 1 N–H and O–H groups in total. The number of hydrogen-bond acceptors (Lipinski definition) is 1. The van der Waals surface area contributed by atoms with Gasteiger partial charge >= 0.3 is 0 Å². The molecule has 1 unspecified atom stereocenters. The van der Waals surface area contributed by atoms with Crippen LogP contribution < -0.4 is 0 Å². The van der Waals surface area contributed by atoms with Crippen LogP contribution in [0.15, 0.2) is 30.3 Å². The highest BCUT2D eigenvalue weighted by molar-refractivity contribution is 6.27. The predicted octanol–water partition coefficient (Wildman–Crippen LogP) is 1.50. The van der Waals surface area contributed by atoms with E-state index in [0.717, 1.165) is 12.8 Å². The Kier molecular flexibility index (Phi) is 4.04. The molecule has 0 aromatic heterocycles. The molecule has 1 nitrogen and oxygen atoms in total. The normalized spacial score (nSPS) is 13.8. The zero-order valence-electron chi connectivity index (χ0n) is 7.53. The number of benzene rings is 1. The third-order valence-electron chi connectivity index (χ3n) is 2.08. The molecule has 1 atom stereocenters. The Hall–Kier alpha value is -0.603. The van der Waals surface area contributed by atoms with Crippen LogP contribution in [0.1, 0.15) is 18.9 Å². The van der Waals surface area contributed by atoms with Crippen molar-refractivity contribution in [3.05, 3.63) is 35.9 Å². The van der Waals surface area contributed by atoms with Crippen molar-refractivity contribution in [2.45, 2.75) is 25.3 Å². The van der Waals surface area contributed by atoms with Crippen LogP contribution in [0.2, 0.25) is 5.54 Å². The first-order valence-corrected chi connectivity index (χ1v) is 5.92. The number of rotatable bonds is 4. The Morgan fingerprint density at radius 2 is 2.00 bits per heavy atom. The first-order chi connectivity index (χ1) is 5.83. The molecule has 0 aliphatic rings. The zero-order chi connectivity index (χ0) is 8.81. The summed E-state index contributed by atoms with van der Waals surface area (Å²) in [6.45, 7) is 2.13. The van der Waals surface area contributed by atoms with Crippen LogP contribution in [-0.2, 0) is 6.42 Å². The molecule has 1 aromatic rings. The van der Waals surface area contributed by atoms with E-state index in [-0.39, 0.29) is 0 Å². The van der Waals surface area contributed by atoms with Crippen molar-refractivity contribution in [1.29, 1.82) is 0 Å². The summed E-state index contributed by atoms with van der Waals surface area (Å²) in [6.07, 6.45) is 2.24. The van der Waals surface area contributed by atoms with Gasteiger partial charge in [-0.25, -0.2) is 0 Å². The van der Waals surface area contributed by atoms with Crippen LogP contribution in [0.4, 0.5) is 0 Å². The predicted molar refractivity (Wildman–Crippen MR) is 54.9 cm³/mol. The third-order valence-corrected chi connectivity index (χ3v) is 3.11. The van der Waals surface area contributed by atoms with Gasteiger partial charge in [0.05, 0.1) is 0 Å². The minimum absolute atomic E-state index is 0.560. The van der Waals surface area contributed by atoms with Gasteiger partial charge < -0.3 is 4.80 Å². The molecule has 2 heteroatoms. The fourth-order valence-electron chi connectivity index (χ4n) is 1.15. The Balaban J connectivity index is 2.33. The SMILES string of the molecule is CC(CCc1ccccc1)[SiH2]O. The summed E-state index contributed by atoms with van der Waals surface area (Å²) < 4.78 is 0. The molecule has 0 aliphatic heterocycles. The lowest BCUT2D eigenvalue weighted by atomic mass is 10.1. The minimum atomic E-state index is -0.778. The van der Waals surface area contributed by atoms with Crippen LogP contribution in [0.5, 0.6) is 0 Å². The second-order valence-electron chi connectivity index (χ2n) is 3.31. The summed E-state index contributed by atoms with van der Waals surface area (Å²) in [5, 5.41) is 0. The van der Waals surface area contributed by atoms with Crippen molar-refractivity contribution < 1.29 is 4.80 Å².